The van der Waals surface area contributed by atoms with Crippen molar-refractivity contribution in [3.63, 3.8) is 0 Å². The standard InChI is InChI=1S/C5H5NO4S2/c1-12(9,10)5-3-11-2-4(5)6(7)8/h2-3H,1H3. The summed E-state index contributed by atoms with van der Waals surface area (Å²) in [5.41, 5.74) is -0.345. The molecule has 0 unspecified atom stereocenters. The van der Waals surface area contributed by atoms with Crippen molar-refractivity contribution >= 4 is 26.9 Å². The number of nitrogens with zero attached hydrogens (tertiary/aromatic N) is 1. The lowest BCUT2D eigenvalue weighted by Gasteiger charge is -1.91. The molecule has 1 heterocycles. The van der Waals surface area contributed by atoms with Crippen LogP contribution in [0.25, 0.3) is 0 Å². The van der Waals surface area contributed by atoms with Crippen molar-refractivity contribution in [3.05, 3.63) is 20.9 Å². The van der Waals surface area contributed by atoms with Crippen molar-refractivity contribution in [2.75, 3.05) is 6.26 Å². The smallest absolute Gasteiger partial charge is 0.258 e. The van der Waals surface area contributed by atoms with E-state index in [4.69, 9.17) is 0 Å². The molecular weight excluding hydrogens is 202 g/mol. The number of hydrogen-bond donors (Lipinski definition) is 0. The third-order valence-electron chi connectivity index (χ3n) is 1.20. The van der Waals surface area contributed by atoms with Crippen LogP contribution in [-0.2, 0) is 9.84 Å². The third kappa shape index (κ3) is 1.62. The Bertz CT molecular complexity index is 405. The van der Waals surface area contributed by atoms with Gasteiger partial charge in [0.2, 0.25) is 0 Å². The van der Waals surface area contributed by atoms with Gasteiger partial charge in [-0.05, 0) is 0 Å². The van der Waals surface area contributed by atoms with Gasteiger partial charge in [-0.25, -0.2) is 8.42 Å². The van der Waals surface area contributed by atoms with Gasteiger partial charge in [0.1, 0.15) is 0 Å². The van der Waals surface area contributed by atoms with E-state index in [0.717, 1.165) is 17.6 Å². The van der Waals surface area contributed by atoms with Gasteiger partial charge in [0.25, 0.3) is 5.69 Å². The number of nitro groups is 1. The highest BCUT2D eigenvalue weighted by Gasteiger charge is 2.22. The van der Waals surface area contributed by atoms with Gasteiger partial charge in [0.05, 0.1) is 10.3 Å². The first kappa shape index (κ1) is 9.14. The Kier molecular flexibility index (Phi) is 2.16. The minimum Gasteiger partial charge on any atom is -0.258 e. The molecule has 0 saturated carbocycles. The summed E-state index contributed by atoms with van der Waals surface area (Å²) in [5, 5.41) is 12.7. The van der Waals surface area contributed by atoms with E-state index in [9.17, 15) is 18.5 Å². The Hall–Kier alpha value is -0.950. The van der Waals surface area contributed by atoms with Crippen LogP contribution in [0.1, 0.15) is 0 Å². The van der Waals surface area contributed by atoms with Gasteiger partial charge < -0.3 is 0 Å². The molecule has 0 N–H and O–H groups in total. The van der Waals surface area contributed by atoms with Crippen LogP contribution in [0.15, 0.2) is 15.7 Å². The van der Waals surface area contributed by atoms with E-state index in [-0.39, 0.29) is 10.6 Å². The fourth-order valence-electron chi connectivity index (χ4n) is 0.689. The van der Waals surface area contributed by atoms with Crippen molar-refractivity contribution in [2.24, 2.45) is 0 Å². The average Bonchev–Trinajstić information content (AvgIpc) is 2.30. The zero-order chi connectivity index (χ0) is 9.35. The maximum absolute atomic E-state index is 10.9. The lowest BCUT2D eigenvalue weighted by Crippen LogP contribution is -1.99. The molecule has 0 aliphatic heterocycles. The summed E-state index contributed by atoms with van der Waals surface area (Å²) in [4.78, 5) is 9.37. The molecule has 0 atom stereocenters. The van der Waals surface area contributed by atoms with Crippen molar-refractivity contribution in [2.45, 2.75) is 4.90 Å². The molecule has 0 fully saturated rings. The molecule has 0 aliphatic rings. The van der Waals surface area contributed by atoms with Crippen LogP contribution >= 0.6 is 11.3 Å². The molecule has 0 aliphatic carbocycles. The maximum Gasteiger partial charge on any atom is 0.298 e. The van der Waals surface area contributed by atoms with E-state index < -0.39 is 14.8 Å². The van der Waals surface area contributed by atoms with Gasteiger partial charge in [-0.1, -0.05) is 0 Å². The fourth-order valence-corrected chi connectivity index (χ4v) is 2.80. The molecule has 0 bridgehead atoms. The molecule has 0 aromatic carbocycles. The topological polar surface area (TPSA) is 77.3 Å². The number of thiophene rings is 1. The van der Waals surface area contributed by atoms with Crippen LogP contribution in [0, 0.1) is 10.1 Å². The van der Waals surface area contributed by atoms with Crippen LogP contribution in [0.5, 0.6) is 0 Å². The van der Waals surface area contributed by atoms with Crippen molar-refractivity contribution in [1.82, 2.24) is 0 Å². The molecule has 1 rings (SSSR count). The highest BCUT2D eigenvalue weighted by Crippen LogP contribution is 2.27. The van der Waals surface area contributed by atoms with Crippen LogP contribution in [0.2, 0.25) is 0 Å². The molecule has 1 aromatic rings. The van der Waals surface area contributed by atoms with Crippen molar-refractivity contribution < 1.29 is 13.3 Å². The minimum atomic E-state index is -3.47. The van der Waals surface area contributed by atoms with E-state index in [1.807, 2.05) is 0 Å². The maximum atomic E-state index is 10.9. The molecule has 7 heteroatoms. The van der Waals surface area contributed by atoms with Gasteiger partial charge in [-0.3, -0.25) is 10.1 Å². The molecular formula is C5H5NO4S2. The van der Waals surface area contributed by atoms with Gasteiger partial charge in [-0.2, -0.15) is 0 Å². The van der Waals surface area contributed by atoms with E-state index in [2.05, 4.69) is 0 Å². The summed E-state index contributed by atoms with van der Waals surface area (Å²) in [6.07, 6.45) is 0.946. The first-order valence-corrected chi connectivity index (χ1v) is 5.67. The summed E-state index contributed by atoms with van der Waals surface area (Å²) in [7, 11) is -3.47. The van der Waals surface area contributed by atoms with Crippen LogP contribution < -0.4 is 0 Å². The minimum absolute atomic E-state index is 0.211. The van der Waals surface area contributed by atoms with Gasteiger partial charge in [-0.15, -0.1) is 11.3 Å². The summed E-state index contributed by atoms with van der Waals surface area (Å²) in [5.74, 6) is 0. The Labute approximate surface area is 72.7 Å². The first-order chi connectivity index (χ1) is 5.43. The second-order valence-electron chi connectivity index (χ2n) is 2.15. The average molecular weight is 207 g/mol. The predicted molar refractivity (Wildman–Crippen MR) is 44.1 cm³/mol. The molecule has 1 aromatic heterocycles. The zero-order valence-electron chi connectivity index (χ0n) is 6.05. The largest absolute Gasteiger partial charge is 0.298 e. The molecule has 5 nitrogen and oxygen atoms in total. The summed E-state index contributed by atoms with van der Waals surface area (Å²) < 4.78 is 21.8. The lowest BCUT2D eigenvalue weighted by molar-refractivity contribution is -0.387. The first-order valence-electron chi connectivity index (χ1n) is 2.83. The predicted octanol–water partition coefficient (Wildman–Crippen LogP) is 1.06. The molecule has 66 valence electrons. The van der Waals surface area contributed by atoms with Crippen LogP contribution in [-0.4, -0.2) is 19.6 Å². The number of hydrogen-bond acceptors (Lipinski definition) is 5. The fraction of sp³-hybridized carbons (Fsp3) is 0.200. The highest BCUT2D eigenvalue weighted by molar-refractivity contribution is 7.91. The lowest BCUT2D eigenvalue weighted by atomic mass is 10.5. The molecule has 0 spiro atoms. The summed E-state index contributed by atoms with van der Waals surface area (Å²) in [6.45, 7) is 0. The molecule has 0 amide bonds. The molecule has 12 heavy (non-hydrogen) atoms. The molecule has 0 radical (unpaired) electrons. The number of sulfone groups is 1. The van der Waals surface area contributed by atoms with E-state index in [0.29, 0.717) is 0 Å². The zero-order valence-corrected chi connectivity index (χ0v) is 7.68. The monoisotopic (exact) mass is 207 g/mol. The SMILES string of the molecule is CS(=O)(=O)c1cscc1[N+](=O)[O-]. The Balaban J connectivity index is 3.36. The third-order valence-corrected chi connectivity index (χ3v) is 3.21. The van der Waals surface area contributed by atoms with Gasteiger partial charge in [0.15, 0.2) is 14.7 Å². The second kappa shape index (κ2) is 2.83. The van der Waals surface area contributed by atoms with E-state index in [1.165, 1.54) is 10.8 Å². The van der Waals surface area contributed by atoms with E-state index in [1.54, 1.807) is 0 Å². The normalized spacial score (nSPS) is 11.4. The summed E-state index contributed by atoms with van der Waals surface area (Å²) >= 11 is 1.00. The van der Waals surface area contributed by atoms with Crippen molar-refractivity contribution in [1.29, 1.82) is 0 Å². The molecule has 0 saturated heterocycles. The number of rotatable bonds is 2. The van der Waals surface area contributed by atoms with Gasteiger partial charge in [0, 0.05) is 11.6 Å². The Morgan fingerprint density at radius 1 is 1.50 bits per heavy atom. The van der Waals surface area contributed by atoms with Crippen LogP contribution in [0.3, 0.4) is 0 Å². The van der Waals surface area contributed by atoms with E-state index >= 15 is 0 Å². The quantitative estimate of drug-likeness (QED) is 0.536. The summed E-state index contributed by atoms with van der Waals surface area (Å²) in [6, 6.07) is 0. The Morgan fingerprint density at radius 2 is 2.08 bits per heavy atom. The van der Waals surface area contributed by atoms with Crippen LogP contribution in [0.4, 0.5) is 5.69 Å². The second-order valence-corrected chi connectivity index (χ2v) is 4.88. The Morgan fingerprint density at radius 3 is 2.42 bits per heavy atom. The highest BCUT2D eigenvalue weighted by atomic mass is 32.2. The van der Waals surface area contributed by atoms with Gasteiger partial charge >= 0.3 is 0 Å². The van der Waals surface area contributed by atoms with Crippen molar-refractivity contribution in [3.8, 4) is 0 Å².